The number of rotatable bonds is 4. The van der Waals surface area contributed by atoms with Crippen LogP contribution in [0.4, 0.5) is 4.79 Å². The van der Waals surface area contributed by atoms with Crippen LogP contribution in [0.5, 0.6) is 0 Å². The van der Waals surface area contributed by atoms with Gasteiger partial charge < -0.3 is 15.2 Å². The summed E-state index contributed by atoms with van der Waals surface area (Å²) < 4.78 is 6.56. The Balaban J connectivity index is 2.84. The fourth-order valence-corrected chi connectivity index (χ4v) is 1.98. The molecule has 0 radical (unpaired) electrons. The van der Waals surface area contributed by atoms with Crippen LogP contribution in [-0.2, 0) is 23.0 Å². The van der Waals surface area contributed by atoms with E-state index in [1.165, 1.54) is 4.68 Å². The molecular formula is C13H20ClN3O4. The number of carbonyl (C=O) groups excluding carboxylic acids is 1. The molecule has 0 saturated carbocycles. The maximum atomic E-state index is 11.7. The molecule has 1 amide bonds. The van der Waals surface area contributed by atoms with Crippen molar-refractivity contribution in [1.82, 2.24) is 15.1 Å². The molecule has 1 unspecified atom stereocenters. The first-order valence-electron chi connectivity index (χ1n) is 6.41. The number of nitrogens with zero attached hydrogens (tertiary/aromatic N) is 2. The van der Waals surface area contributed by atoms with Crippen molar-refractivity contribution in [2.45, 2.75) is 45.8 Å². The molecule has 0 aromatic carbocycles. The van der Waals surface area contributed by atoms with E-state index in [1.54, 1.807) is 34.7 Å². The second-order valence-electron chi connectivity index (χ2n) is 5.71. The zero-order valence-electron chi connectivity index (χ0n) is 12.7. The van der Waals surface area contributed by atoms with E-state index in [0.717, 1.165) is 0 Å². The van der Waals surface area contributed by atoms with Crippen molar-refractivity contribution in [2.75, 3.05) is 0 Å². The Labute approximate surface area is 128 Å². The number of halogens is 1. The summed E-state index contributed by atoms with van der Waals surface area (Å²) in [6.45, 7) is 6.82. The lowest BCUT2D eigenvalue weighted by atomic mass is 10.1. The molecule has 1 atom stereocenters. The average Bonchev–Trinajstić information content (AvgIpc) is 2.52. The number of hydrogen-bond donors (Lipinski definition) is 2. The Bertz CT molecular complexity index is 548. The number of ether oxygens (including phenoxy) is 1. The summed E-state index contributed by atoms with van der Waals surface area (Å²) in [7, 11) is 1.67. The molecule has 1 heterocycles. The summed E-state index contributed by atoms with van der Waals surface area (Å²) in [5.41, 5.74) is 0.446. The molecule has 7 nitrogen and oxygen atoms in total. The predicted octanol–water partition coefficient (Wildman–Crippen LogP) is 1.90. The van der Waals surface area contributed by atoms with Crippen LogP contribution in [0, 0.1) is 6.92 Å². The normalized spacial score (nSPS) is 12.9. The molecule has 1 aromatic rings. The molecule has 0 saturated heterocycles. The van der Waals surface area contributed by atoms with E-state index in [9.17, 15) is 14.7 Å². The van der Waals surface area contributed by atoms with Gasteiger partial charge >= 0.3 is 12.1 Å². The van der Waals surface area contributed by atoms with Gasteiger partial charge in [-0.15, -0.1) is 0 Å². The van der Waals surface area contributed by atoms with Crippen molar-refractivity contribution in [3.63, 3.8) is 0 Å². The Morgan fingerprint density at radius 1 is 1.48 bits per heavy atom. The first-order valence-corrected chi connectivity index (χ1v) is 6.79. The zero-order valence-corrected chi connectivity index (χ0v) is 13.5. The van der Waals surface area contributed by atoms with Crippen molar-refractivity contribution in [2.24, 2.45) is 7.05 Å². The van der Waals surface area contributed by atoms with Gasteiger partial charge in [0.05, 0.1) is 16.4 Å². The molecule has 0 aliphatic carbocycles. The van der Waals surface area contributed by atoms with Gasteiger partial charge in [-0.3, -0.25) is 4.68 Å². The molecule has 1 rings (SSSR count). The molecule has 118 valence electrons. The van der Waals surface area contributed by atoms with Crippen LogP contribution in [-0.4, -0.2) is 38.6 Å². The summed E-state index contributed by atoms with van der Waals surface area (Å²) in [6.07, 6.45) is -0.769. The average molecular weight is 318 g/mol. The summed E-state index contributed by atoms with van der Waals surface area (Å²) in [6, 6.07) is -1.15. The number of amides is 1. The fourth-order valence-electron chi connectivity index (χ4n) is 1.75. The first kappa shape index (κ1) is 17.3. The van der Waals surface area contributed by atoms with E-state index in [0.29, 0.717) is 16.4 Å². The van der Waals surface area contributed by atoms with Crippen LogP contribution in [0.3, 0.4) is 0 Å². The summed E-state index contributed by atoms with van der Waals surface area (Å²) in [4.78, 5) is 23.0. The van der Waals surface area contributed by atoms with Crippen LogP contribution in [0.25, 0.3) is 0 Å². The van der Waals surface area contributed by atoms with Crippen LogP contribution in [0.2, 0.25) is 5.02 Å². The number of aliphatic carboxylic acids is 1. The van der Waals surface area contributed by atoms with Gasteiger partial charge in [0.25, 0.3) is 0 Å². The van der Waals surface area contributed by atoms with Crippen LogP contribution >= 0.6 is 11.6 Å². The monoisotopic (exact) mass is 317 g/mol. The third-order valence-corrected chi connectivity index (χ3v) is 3.14. The van der Waals surface area contributed by atoms with Gasteiger partial charge in [0.15, 0.2) is 0 Å². The van der Waals surface area contributed by atoms with Gasteiger partial charge in [-0.25, -0.2) is 9.59 Å². The lowest BCUT2D eigenvalue weighted by molar-refractivity contribution is -0.139. The lowest BCUT2D eigenvalue weighted by Gasteiger charge is -2.22. The molecule has 0 spiro atoms. The second kappa shape index (κ2) is 6.34. The van der Waals surface area contributed by atoms with E-state index in [2.05, 4.69) is 10.4 Å². The standard InChI is InChI=1S/C13H20ClN3O4/c1-7-10(14)9(17(5)16-7)6-8(11(18)19)15-12(20)21-13(2,3)4/h8H,6H2,1-5H3,(H,15,20)(H,18,19). The van der Waals surface area contributed by atoms with E-state index in [1.807, 2.05) is 0 Å². The number of carboxylic acids is 1. The van der Waals surface area contributed by atoms with Gasteiger partial charge in [-0.1, -0.05) is 11.6 Å². The number of nitrogens with one attached hydrogen (secondary N) is 1. The van der Waals surface area contributed by atoms with Crippen molar-refractivity contribution >= 4 is 23.7 Å². The van der Waals surface area contributed by atoms with Crippen molar-refractivity contribution < 1.29 is 19.4 Å². The topological polar surface area (TPSA) is 93.5 Å². The van der Waals surface area contributed by atoms with Crippen LogP contribution in [0.15, 0.2) is 0 Å². The van der Waals surface area contributed by atoms with E-state index < -0.39 is 23.7 Å². The molecule has 8 heteroatoms. The predicted molar refractivity (Wildman–Crippen MR) is 77.5 cm³/mol. The minimum absolute atomic E-state index is 0.0186. The maximum Gasteiger partial charge on any atom is 0.408 e. The summed E-state index contributed by atoms with van der Waals surface area (Å²) >= 11 is 6.09. The highest BCUT2D eigenvalue weighted by atomic mass is 35.5. The Morgan fingerprint density at radius 3 is 2.43 bits per heavy atom. The molecule has 0 fully saturated rings. The number of carbonyl (C=O) groups is 2. The molecular weight excluding hydrogens is 298 g/mol. The summed E-state index contributed by atoms with van der Waals surface area (Å²) in [5, 5.41) is 16.1. The maximum absolute atomic E-state index is 11.7. The quantitative estimate of drug-likeness (QED) is 0.884. The van der Waals surface area contributed by atoms with Gasteiger partial charge in [0, 0.05) is 13.5 Å². The smallest absolute Gasteiger partial charge is 0.408 e. The summed E-state index contributed by atoms with van der Waals surface area (Å²) in [5.74, 6) is -1.17. The highest BCUT2D eigenvalue weighted by Gasteiger charge is 2.26. The molecule has 0 aliphatic rings. The molecule has 0 bridgehead atoms. The van der Waals surface area contributed by atoms with Crippen LogP contribution < -0.4 is 5.32 Å². The Kier molecular flexibility index (Phi) is 5.22. The largest absolute Gasteiger partial charge is 0.480 e. The van der Waals surface area contributed by atoms with Gasteiger partial charge in [0.1, 0.15) is 11.6 Å². The Hall–Kier alpha value is -1.76. The van der Waals surface area contributed by atoms with E-state index in [-0.39, 0.29) is 6.42 Å². The van der Waals surface area contributed by atoms with Crippen LogP contribution in [0.1, 0.15) is 32.2 Å². The SMILES string of the molecule is Cc1nn(C)c(CC(NC(=O)OC(C)(C)C)C(=O)O)c1Cl. The molecule has 1 aromatic heterocycles. The number of aromatic nitrogens is 2. The van der Waals surface area contributed by atoms with E-state index in [4.69, 9.17) is 16.3 Å². The molecule has 21 heavy (non-hydrogen) atoms. The lowest BCUT2D eigenvalue weighted by Crippen LogP contribution is -2.45. The number of hydrogen-bond acceptors (Lipinski definition) is 4. The third kappa shape index (κ3) is 4.93. The van der Waals surface area contributed by atoms with E-state index >= 15 is 0 Å². The number of aryl methyl sites for hydroxylation is 2. The Morgan fingerprint density at radius 2 is 2.05 bits per heavy atom. The van der Waals surface area contributed by atoms with Gasteiger partial charge in [-0.05, 0) is 27.7 Å². The first-order chi connectivity index (χ1) is 9.51. The number of alkyl carbamates (subject to hydrolysis) is 1. The third-order valence-electron chi connectivity index (χ3n) is 2.65. The molecule has 2 N–H and O–H groups in total. The van der Waals surface area contributed by atoms with Gasteiger partial charge in [-0.2, -0.15) is 5.10 Å². The fraction of sp³-hybridized carbons (Fsp3) is 0.615. The zero-order chi connectivity index (χ0) is 16.4. The second-order valence-corrected chi connectivity index (χ2v) is 6.09. The van der Waals surface area contributed by atoms with Crippen molar-refractivity contribution in [3.05, 3.63) is 16.4 Å². The molecule has 0 aliphatic heterocycles. The number of carboxylic acid groups (broad SMARTS) is 1. The van der Waals surface area contributed by atoms with Gasteiger partial charge in [0.2, 0.25) is 0 Å². The van der Waals surface area contributed by atoms with Crippen molar-refractivity contribution in [1.29, 1.82) is 0 Å². The minimum atomic E-state index is -1.17. The highest BCUT2D eigenvalue weighted by molar-refractivity contribution is 6.31. The highest BCUT2D eigenvalue weighted by Crippen LogP contribution is 2.21. The van der Waals surface area contributed by atoms with Crippen molar-refractivity contribution in [3.8, 4) is 0 Å². The minimum Gasteiger partial charge on any atom is -0.480 e.